The predicted octanol–water partition coefficient (Wildman–Crippen LogP) is 2.01. The van der Waals surface area contributed by atoms with Crippen LogP contribution >= 0.6 is 23.2 Å². The number of hydrogen-bond donors (Lipinski definition) is 2. The maximum absolute atomic E-state index is 11.7. The molecule has 1 aromatic carbocycles. The Hall–Kier alpha value is -1.59. The molecule has 5 nitrogen and oxygen atoms in total. The van der Waals surface area contributed by atoms with E-state index in [4.69, 9.17) is 23.2 Å². The third-order valence-corrected chi connectivity index (χ3v) is 3.24. The molecule has 19 heavy (non-hydrogen) atoms. The van der Waals surface area contributed by atoms with E-state index >= 15 is 0 Å². The zero-order valence-corrected chi connectivity index (χ0v) is 11.5. The Morgan fingerprint density at radius 2 is 2.16 bits per heavy atom. The average Bonchev–Trinajstić information content (AvgIpc) is 2.87. The Morgan fingerprint density at radius 1 is 1.32 bits per heavy atom. The third kappa shape index (κ3) is 4.22. The highest BCUT2D eigenvalue weighted by molar-refractivity contribution is 6.42. The molecule has 0 saturated heterocycles. The minimum atomic E-state index is -0.0714. The standard InChI is InChI=1S/C12H12Cl2N4O/c13-9-2-1-8(5-10(9)14)6-12(19)15-4-3-11-16-7-17-18-11/h1-2,5,7H,3-4,6H2,(H,15,19)(H,16,17,18). The van der Waals surface area contributed by atoms with Gasteiger partial charge in [0.25, 0.3) is 0 Å². The number of halogens is 2. The van der Waals surface area contributed by atoms with Crippen LogP contribution in [0.15, 0.2) is 24.5 Å². The number of aromatic amines is 1. The predicted molar refractivity (Wildman–Crippen MR) is 73.3 cm³/mol. The molecular weight excluding hydrogens is 287 g/mol. The van der Waals surface area contributed by atoms with Crippen molar-refractivity contribution >= 4 is 29.1 Å². The maximum Gasteiger partial charge on any atom is 0.224 e. The van der Waals surface area contributed by atoms with E-state index in [-0.39, 0.29) is 12.3 Å². The van der Waals surface area contributed by atoms with Gasteiger partial charge in [0.05, 0.1) is 16.5 Å². The normalized spacial score (nSPS) is 10.4. The third-order valence-electron chi connectivity index (χ3n) is 2.50. The molecule has 1 heterocycles. The van der Waals surface area contributed by atoms with Gasteiger partial charge in [-0.3, -0.25) is 9.89 Å². The van der Waals surface area contributed by atoms with E-state index in [0.29, 0.717) is 23.0 Å². The van der Waals surface area contributed by atoms with Crippen LogP contribution < -0.4 is 5.32 Å². The van der Waals surface area contributed by atoms with Gasteiger partial charge in [-0.25, -0.2) is 4.98 Å². The lowest BCUT2D eigenvalue weighted by molar-refractivity contribution is -0.120. The molecule has 0 radical (unpaired) electrons. The summed E-state index contributed by atoms with van der Waals surface area (Å²) in [5.74, 6) is 0.674. The maximum atomic E-state index is 11.7. The number of hydrogen-bond acceptors (Lipinski definition) is 3. The van der Waals surface area contributed by atoms with Gasteiger partial charge < -0.3 is 5.32 Å². The molecule has 2 rings (SSSR count). The molecule has 100 valence electrons. The van der Waals surface area contributed by atoms with Gasteiger partial charge >= 0.3 is 0 Å². The number of carbonyl (C=O) groups excluding carboxylic acids is 1. The van der Waals surface area contributed by atoms with Crippen molar-refractivity contribution in [1.82, 2.24) is 20.5 Å². The molecule has 0 bridgehead atoms. The minimum Gasteiger partial charge on any atom is -0.355 e. The molecular formula is C12H12Cl2N4O. The second kappa shape index (κ2) is 6.54. The summed E-state index contributed by atoms with van der Waals surface area (Å²) in [5, 5.41) is 10.2. The van der Waals surface area contributed by atoms with Crippen LogP contribution in [-0.2, 0) is 17.6 Å². The van der Waals surface area contributed by atoms with Crippen molar-refractivity contribution in [2.75, 3.05) is 6.54 Å². The van der Waals surface area contributed by atoms with Crippen molar-refractivity contribution in [2.24, 2.45) is 0 Å². The van der Waals surface area contributed by atoms with Gasteiger partial charge in [-0.15, -0.1) is 0 Å². The van der Waals surface area contributed by atoms with Crippen LogP contribution in [0, 0.1) is 0 Å². The quantitative estimate of drug-likeness (QED) is 0.887. The SMILES string of the molecule is O=C(Cc1ccc(Cl)c(Cl)c1)NCCc1ncn[nH]1. The van der Waals surface area contributed by atoms with Gasteiger partial charge in [-0.05, 0) is 17.7 Å². The van der Waals surface area contributed by atoms with Gasteiger partial charge in [0.15, 0.2) is 0 Å². The fourth-order valence-corrected chi connectivity index (χ4v) is 1.89. The summed E-state index contributed by atoms with van der Waals surface area (Å²) < 4.78 is 0. The van der Waals surface area contributed by atoms with Gasteiger partial charge in [0, 0.05) is 13.0 Å². The van der Waals surface area contributed by atoms with Gasteiger partial charge in [-0.1, -0.05) is 29.3 Å². The van der Waals surface area contributed by atoms with Crippen molar-refractivity contribution in [3.63, 3.8) is 0 Å². The molecule has 0 aliphatic carbocycles. The Labute approximate surface area is 120 Å². The molecule has 2 N–H and O–H groups in total. The molecule has 0 atom stereocenters. The summed E-state index contributed by atoms with van der Waals surface area (Å²) >= 11 is 11.7. The number of amides is 1. The fourth-order valence-electron chi connectivity index (χ4n) is 1.57. The molecule has 0 fully saturated rings. The summed E-state index contributed by atoms with van der Waals surface area (Å²) in [4.78, 5) is 15.7. The Kier molecular flexibility index (Phi) is 4.76. The molecule has 0 aliphatic rings. The van der Waals surface area contributed by atoms with Crippen molar-refractivity contribution in [2.45, 2.75) is 12.8 Å². The van der Waals surface area contributed by atoms with E-state index in [9.17, 15) is 4.79 Å². The number of carbonyl (C=O) groups is 1. The Bertz CT molecular complexity index is 557. The van der Waals surface area contributed by atoms with E-state index in [1.165, 1.54) is 6.33 Å². The first-order valence-electron chi connectivity index (χ1n) is 5.70. The smallest absolute Gasteiger partial charge is 0.224 e. The molecule has 0 spiro atoms. The van der Waals surface area contributed by atoms with Crippen LogP contribution in [0.5, 0.6) is 0 Å². The van der Waals surface area contributed by atoms with Gasteiger partial charge in [0.2, 0.25) is 5.91 Å². The highest BCUT2D eigenvalue weighted by Gasteiger charge is 2.05. The summed E-state index contributed by atoms with van der Waals surface area (Å²) in [6, 6.07) is 5.16. The minimum absolute atomic E-state index is 0.0714. The van der Waals surface area contributed by atoms with E-state index < -0.39 is 0 Å². The summed E-state index contributed by atoms with van der Waals surface area (Å²) in [7, 11) is 0. The molecule has 1 amide bonds. The number of benzene rings is 1. The number of nitrogens with zero attached hydrogens (tertiary/aromatic N) is 2. The first-order chi connectivity index (χ1) is 9.15. The first kappa shape index (κ1) is 13.8. The van der Waals surface area contributed by atoms with Crippen LogP contribution in [-0.4, -0.2) is 27.6 Å². The van der Waals surface area contributed by atoms with Crippen LogP contribution in [0.25, 0.3) is 0 Å². The Balaban J connectivity index is 1.79. The number of nitrogens with one attached hydrogen (secondary N) is 2. The van der Waals surface area contributed by atoms with E-state index in [1.807, 2.05) is 0 Å². The Morgan fingerprint density at radius 3 is 2.84 bits per heavy atom. The topological polar surface area (TPSA) is 70.7 Å². The summed E-state index contributed by atoms with van der Waals surface area (Å²) in [6.07, 6.45) is 2.33. The van der Waals surface area contributed by atoms with Gasteiger partial charge in [-0.2, -0.15) is 5.10 Å². The van der Waals surface area contributed by atoms with Crippen molar-refractivity contribution in [1.29, 1.82) is 0 Å². The lowest BCUT2D eigenvalue weighted by atomic mass is 10.1. The van der Waals surface area contributed by atoms with Crippen LogP contribution in [0.1, 0.15) is 11.4 Å². The van der Waals surface area contributed by atoms with E-state index in [0.717, 1.165) is 11.4 Å². The fraction of sp³-hybridized carbons (Fsp3) is 0.250. The van der Waals surface area contributed by atoms with E-state index in [1.54, 1.807) is 18.2 Å². The molecule has 7 heteroatoms. The van der Waals surface area contributed by atoms with Gasteiger partial charge in [0.1, 0.15) is 12.2 Å². The molecule has 1 aromatic heterocycles. The largest absolute Gasteiger partial charge is 0.355 e. The van der Waals surface area contributed by atoms with Crippen molar-refractivity contribution in [3.05, 3.63) is 46.0 Å². The highest BCUT2D eigenvalue weighted by atomic mass is 35.5. The second-order valence-electron chi connectivity index (χ2n) is 3.96. The zero-order valence-electron chi connectivity index (χ0n) is 9.99. The highest BCUT2D eigenvalue weighted by Crippen LogP contribution is 2.22. The summed E-state index contributed by atoms with van der Waals surface area (Å²) in [5.41, 5.74) is 0.826. The first-order valence-corrected chi connectivity index (χ1v) is 6.45. The number of H-pyrrole nitrogens is 1. The van der Waals surface area contributed by atoms with Crippen LogP contribution in [0.2, 0.25) is 10.0 Å². The van der Waals surface area contributed by atoms with Crippen molar-refractivity contribution in [3.8, 4) is 0 Å². The second-order valence-corrected chi connectivity index (χ2v) is 4.77. The number of rotatable bonds is 5. The van der Waals surface area contributed by atoms with Crippen molar-refractivity contribution < 1.29 is 4.79 Å². The number of aromatic nitrogens is 3. The molecule has 2 aromatic rings. The monoisotopic (exact) mass is 298 g/mol. The average molecular weight is 299 g/mol. The van der Waals surface area contributed by atoms with Crippen LogP contribution in [0.3, 0.4) is 0 Å². The zero-order chi connectivity index (χ0) is 13.7. The van der Waals surface area contributed by atoms with E-state index in [2.05, 4.69) is 20.5 Å². The lowest BCUT2D eigenvalue weighted by Gasteiger charge is -2.05. The molecule has 0 aliphatic heterocycles. The molecule has 0 unspecified atom stereocenters. The molecule has 0 saturated carbocycles. The van der Waals surface area contributed by atoms with Crippen LogP contribution in [0.4, 0.5) is 0 Å². The lowest BCUT2D eigenvalue weighted by Crippen LogP contribution is -2.27. The summed E-state index contributed by atoms with van der Waals surface area (Å²) in [6.45, 7) is 0.509.